The van der Waals surface area contributed by atoms with Gasteiger partial charge in [-0.2, -0.15) is 0 Å². The van der Waals surface area contributed by atoms with Crippen LogP contribution in [-0.4, -0.2) is 16.8 Å². The second kappa shape index (κ2) is 7.12. The third-order valence-corrected chi connectivity index (χ3v) is 2.73. The summed E-state index contributed by atoms with van der Waals surface area (Å²) in [5, 5.41) is 9.98. The van der Waals surface area contributed by atoms with Crippen molar-refractivity contribution in [3.05, 3.63) is 47.4 Å². The van der Waals surface area contributed by atoms with Crippen LogP contribution >= 0.6 is 11.8 Å². The number of aliphatic carboxylic acids is 1. The zero-order valence-corrected chi connectivity index (χ0v) is 9.24. The highest BCUT2D eigenvalue weighted by Crippen LogP contribution is 2.08. The second-order valence-electron chi connectivity index (χ2n) is 3.10. The smallest absolute Gasteiger partial charge is 0.328 e. The van der Waals surface area contributed by atoms with Gasteiger partial charge in [-0.25, -0.2) is 4.79 Å². The molecule has 2 nitrogen and oxygen atoms in total. The van der Waals surface area contributed by atoms with Crippen molar-refractivity contribution in [1.82, 2.24) is 0 Å². The van der Waals surface area contributed by atoms with Crippen molar-refractivity contribution in [3.63, 3.8) is 0 Å². The molecule has 0 aliphatic rings. The molecule has 0 atom stereocenters. The van der Waals surface area contributed by atoms with Gasteiger partial charge in [0, 0.05) is 6.08 Å². The maximum absolute atomic E-state index is 10.2. The number of benzene rings is 1. The molecule has 0 saturated carbocycles. The van der Waals surface area contributed by atoms with Crippen LogP contribution < -0.4 is 0 Å². The number of hydrogen-bond donors (Lipinski definition) is 1. The number of hydrogen-bond acceptors (Lipinski definition) is 2. The molecule has 0 radical (unpaired) electrons. The lowest BCUT2D eigenvalue weighted by Gasteiger charge is -1.98. The number of carboxylic acid groups (broad SMARTS) is 1. The Morgan fingerprint density at radius 2 is 2.07 bits per heavy atom. The Morgan fingerprint density at radius 1 is 1.33 bits per heavy atom. The molecule has 0 aromatic heterocycles. The van der Waals surface area contributed by atoms with Gasteiger partial charge in [0.15, 0.2) is 0 Å². The molecule has 0 bridgehead atoms. The van der Waals surface area contributed by atoms with E-state index in [1.54, 1.807) is 5.41 Å². The van der Waals surface area contributed by atoms with Crippen molar-refractivity contribution >= 4 is 17.7 Å². The normalized spacial score (nSPS) is 10.7. The first-order valence-corrected chi connectivity index (χ1v) is 5.89. The molecule has 0 aliphatic heterocycles. The SMILES string of the molecule is O=C(O)/C=C/SCCCc1ccccc1. The highest BCUT2D eigenvalue weighted by atomic mass is 32.2. The van der Waals surface area contributed by atoms with Gasteiger partial charge in [0.25, 0.3) is 0 Å². The van der Waals surface area contributed by atoms with E-state index in [1.807, 2.05) is 18.2 Å². The summed E-state index contributed by atoms with van der Waals surface area (Å²) >= 11 is 1.54. The van der Waals surface area contributed by atoms with E-state index in [0.717, 1.165) is 18.6 Å². The average Bonchev–Trinajstić information content (AvgIpc) is 2.24. The Labute approximate surface area is 94.0 Å². The summed E-state index contributed by atoms with van der Waals surface area (Å²) in [6.07, 6.45) is 3.29. The second-order valence-corrected chi connectivity index (χ2v) is 4.11. The van der Waals surface area contributed by atoms with E-state index < -0.39 is 5.97 Å². The van der Waals surface area contributed by atoms with E-state index in [-0.39, 0.29) is 0 Å². The molecule has 0 heterocycles. The van der Waals surface area contributed by atoms with Gasteiger partial charge in [0.05, 0.1) is 0 Å². The number of carboxylic acids is 1. The molecule has 1 aromatic carbocycles. The zero-order chi connectivity index (χ0) is 10.9. The van der Waals surface area contributed by atoms with Crippen LogP contribution in [0.3, 0.4) is 0 Å². The Kier molecular flexibility index (Phi) is 5.63. The molecule has 0 spiro atoms. The van der Waals surface area contributed by atoms with Crippen LogP contribution in [-0.2, 0) is 11.2 Å². The van der Waals surface area contributed by atoms with Crippen molar-refractivity contribution in [1.29, 1.82) is 0 Å². The van der Waals surface area contributed by atoms with Gasteiger partial charge in [-0.05, 0) is 29.6 Å². The highest BCUT2D eigenvalue weighted by molar-refractivity contribution is 8.02. The van der Waals surface area contributed by atoms with E-state index in [0.29, 0.717) is 0 Å². The van der Waals surface area contributed by atoms with E-state index in [2.05, 4.69) is 12.1 Å². The first-order valence-electron chi connectivity index (χ1n) is 4.84. The van der Waals surface area contributed by atoms with Crippen molar-refractivity contribution in [2.45, 2.75) is 12.8 Å². The lowest BCUT2D eigenvalue weighted by Crippen LogP contribution is -1.87. The van der Waals surface area contributed by atoms with Crippen molar-refractivity contribution < 1.29 is 9.90 Å². The summed E-state index contributed by atoms with van der Waals surface area (Å²) in [6.45, 7) is 0. The number of aryl methyl sites for hydroxylation is 1. The molecule has 80 valence electrons. The van der Waals surface area contributed by atoms with E-state index >= 15 is 0 Å². The first-order chi connectivity index (χ1) is 7.29. The van der Waals surface area contributed by atoms with Gasteiger partial charge >= 0.3 is 5.97 Å². The van der Waals surface area contributed by atoms with Gasteiger partial charge < -0.3 is 5.11 Å². The molecule has 0 saturated heterocycles. The largest absolute Gasteiger partial charge is 0.478 e. The molecule has 1 N–H and O–H groups in total. The molecular weight excluding hydrogens is 208 g/mol. The minimum absolute atomic E-state index is 0.884. The lowest BCUT2D eigenvalue weighted by molar-refractivity contribution is -0.131. The molecule has 0 aliphatic carbocycles. The molecule has 3 heteroatoms. The van der Waals surface area contributed by atoms with E-state index in [1.165, 1.54) is 23.4 Å². The van der Waals surface area contributed by atoms with Crippen LogP contribution in [0.2, 0.25) is 0 Å². The maximum atomic E-state index is 10.2. The average molecular weight is 222 g/mol. The Bertz CT molecular complexity index is 320. The number of thioether (sulfide) groups is 1. The van der Waals surface area contributed by atoms with Crippen molar-refractivity contribution in [2.75, 3.05) is 5.75 Å². The summed E-state index contributed by atoms with van der Waals surface area (Å²) in [6, 6.07) is 10.3. The highest BCUT2D eigenvalue weighted by Gasteiger charge is 1.91. The van der Waals surface area contributed by atoms with Crippen LogP contribution in [0.25, 0.3) is 0 Å². The topological polar surface area (TPSA) is 37.3 Å². The fraction of sp³-hybridized carbons (Fsp3) is 0.250. The third-order valence-electron chi connectivity index (χ3n) is 1.88. The summed E-state index contributed by atoms with van der Waals surface area (Å²) in [5.74, 6) is 0.0733. The van der Waals surface area contributed by atoms with Crippen LogP contribution in [0.15, 0.2) is 41.8 Å². The zero-order valence-electron chi connectivity index (χ0n) is 8.43. The van der Waals surface area contributed by atoms with Crippen molar-refractivity contribution in [2.24, 2.45) is 0 Å². The molecule has 15 heavy (non-hydrogen) atoms. The Balaban J connectivity index is 2.10. The molecule has 1 rings (SSSR count). The minimum Gasteiger partial charge on any atom is -0.478 e. The van der Waals surface area contributed by atoms with Crippen LogP contribution in [0, 0.1) is 0 Å². The summed E-state index contributed by atoms with van der Waals surface area (Å²) in [7, 11) is 0. The standard InChI is InChI=1S/C12H14O2S/c13-12(14)8-10-15-9-4-7-11-5-2-1-3-6-11/h1-3,5-6,8,10H,4,7,9H2,(H,13,14)/b10-8+. The van der Waals surface area contributed by atoms with E-state index in [9.17, 15) is 4.79 Å². The monoisotopic (exact) mass is 222 g/mol. The summed E-state index contributed by atoms with van der Waals surface area (Å²) < 4.78 is 0. The van der Waals surface area contributed by atoms with Crippen LogP contribution in [0.4, 0.5) is 0 Å². The van der Waals surface area contributed by atoms with Crippen molar-refractivity contribution in [3.8, 4) is 0 Å². The quantitative estimate of drug-likeness (QED) is 0.594. The minimum atomic E-state index is -0.884. The summed E-state index contributed by atoms with van der Waals surface area (Å²) in [4.78, 5) is 10.2. The molecule has 0 fully saturated rings. The number of rotatable bonds is 6. The van der Waals surface area contributed by atoms with Crippen LogP contribution in [0.5, 0.6) is 0 Å². The first kappa shape index (κ1) is 11.9. The molecule has 1 aromatic rings. The Hall–Kier alpha value is -1.22. The fourth-order valence-electron chi connectivity index (χ4n) is 1.18. The maximum Gasteiger partial charge on any atom is 0.328 e. The lowest BCUT2D eigenvalue weighted by atomic mass is 10.1. The van der Waals surface area contributed by atoms with Gasteiger partial charge in [0.1, 0.15) is 0 Å². The van der Waals surface area contributed by atoms with Gasteiger partial charge in [-0.3, -0.25) is 0 Å². The van der Waals surface area contributed by atoms with Gasteiger partial charge in [-0.1, -0.05) is 30.3 Å². The predicted molar refractivity (Wildman–Crippen MR) is 64.0 cm³/mol. The summed E-state index contributed by atoms with van der Waals surface area (Å²) in [5.41, 5.74) is 1.33. The molecule has 0 amide bonds. The number of carbonyl (C=O) groups is 1. The molecule has 0 unspecified atom stereocenters. The third kappa shape index (κ3) is 5.96. The molecular formula is C12H14O2S. The Morgan fingerprint density at radius 3 is 2.73 bits per heavy atom. The van der Waals surface area contributed by atoms with Gasteiger partial charge in [0.2, 0.25) is 0 Å². The van der Waals surface area contributed by atoms with Gasteiger partial charge in [-0.15, -0.1) is 11.8 Å². The predicted octanol–water partition coefficient (Wildman–Crippen LogP) is 2.95. The van der Waals surface area contributed by atoms with Crippen LogP contribution in [0.1, 0.15) is 12.0 Å². The van der Waals surface area contributed by atoms with E-state index in [4.69, 9.17) is 5.11 Å². The fourth-order valence-corrected chi connectivity index (χ4v) is 1.84.